The van der Waals surface area contributed by atoms with Gasteiger partial charge in [-0.15, -0.1) is 24.0 Å². The number of amides is 1. The molecule has 0 spiro atoms. The van der Waals surface area contributed by atoms with Crippen LogP contribution in [0.15, 0.2) is 27.7 Å². The molecule has 0 atom stereocenters. The topological polar surface area (TPSA) is 56.7 Å². The van der Waals surface area contributed by atoms with Crippen LogP contribution in [0.1, 0.15) is 44.6 Å². The molecule has 0 saturated carbocycles. The van der Waals surface area contributed by atoms with Gasteiger partial charge in [0.05, 0.1) is 11.0 Å². The van der Waals surface area contributed by atoms with Crippen LogP contribution in [0.4, 0.5) is 4.39 Å². The van der Waals surface area contributed by atoms with E-state index in [4.69, 9.17) is 0 Å². The van der Waals surface area contributed by atoms with E-state index < -0.39 is 0 Å². The molecule has 1 heterocycles. The predicted octanol–water partition coefficient (Wildman–Crippen LogP) is 4.05. The molecule has 27 heavy (non-hydrogen) atoms. The smallest absolute Gasteiger partial charge is 0.222 e. The second kappa shape index (κ2) is 13.3. The van der Waals surface area contributed by atoms with Gasteiger partial charge < -0.3 is 15.5 Å². The quantitative estimate of drug-likeness (QED) is 0.231. The summed E-state index contributed by atoms with van der Waals surface area (Å²) in [5.74, 6) is 0.705. The number of hydrogen-bond donors (Lipinski definition) is 2. The molecule has 0 radical (unpaired) electrons. The van der Waals surface area contributed by atoms with Crippen LogP contribution in [0.5, 0.6) is 0 Å². The Hall–Kier alpha value is -0.900. The van der Waals surface area contributed by atoms with Crippen molar-refractivity contribution in [2.24, 2.45) is 4.99 Å². The molecule has 1 aromatic carbocycles. The van der Waals surface area contributed by atoms with Crippen molar-refractivity contribution in [2.75, 3.05) is 26.2 Å². The van der Waals surface area contributed by atoms with Gasteiger partial charge in [0.2, 0.25) is 5.91 Å². The van der Waals surface area contributed by atoms with Crippen LogP contribution in [0.2, 0.25) is 0 Å². The molecule has 1 fully saturated rings. The van der Waals surface area contributed by atoms with E-state index >= 15 is 0 Å². The number of rotatable bonds is 7. The Balaban J connectivity index is 0.00000364. The van der Waals surface area contributed by atoms with Gasteiger partial charge >= 0.3 is 0 Å². The number of benzene rings is 1. The Morgan fingerprint density at radius 3 is 2.85 bits per heavy atom. The largest absolute Gasteiger partial charge is 0.357 e. The Bertz CT molecular complexity index is 630. The van der Waals surface area contributed by atoms with Gasteiger partial charge in [-0.2, -0.15) is 0 Å². The summed E-state index contributed by atoms with van der Waals surface area (Å²) in [7, 11) is 0. The second-order valence-corrected chi connectivity index (χ2v) is 7.27. The molecule has 2 rings (SSSR count). The van der Waals surface area contributed by atoms with Gasteiger partial charge in [0, 0.05) is 32.6 Å². The molecule has 0 aromatic heterocycles. The van der Waals surface area contributed by atoms with Gasteiger partial charge in [0.15, 0.2) is 5.96 Å². The number of aliphatic imine (C=N–C) groups is 1. The van der Waals surface area contributed by atoms with Crippen molar-refractivity contribution in [3.8, 4) is 0 Å². The molecule has 1 aliphatic heterocycles. The van der Waals surface area contributed by atoms with Gasteiger partial charge in [-0.1, -0.05) is 12.5 Å². The van der Waals surface area contributed by atoms with Crippen LogP contribution < -0.4 is 10.6 Å². The lowest BCUT2D eigenvalue weighted by molar-refractivity contribution is -0.130. The first-order chi connectivity index (χ1) is 12.6. The normalized spacial score (nSPS) is 15.1. The second-order valence-electron chi connectivity index (χ2n) is 6.42. The van der Waals surface area contributed by atoms with Crippen molar-refractivity contribution in [3.63, 3.8) is 0 Å². The highest BCUT2D eigenvalue weighted by atomic mass is 127. The summed E-state index contributed by atoms with van der Waals surface area (Å²) in [6.45, 7) is 5.57. The van der Waals surface area contributed by atoms with Gasteiger partial charge in [-0.3, -0.25) is 4.79 Å². The predicted molar refractivity (Wildman–Crippen MR) is 122 cm³/mol. The number of carbonyl (C=O) groups excluding carboxylic acids is 1. The fourth-order valence-corrected chi connectivity index (χ4v) is 3.15. The molecule has 1 aliphatic rings. The van der Waals surface area contributed by atoms with Crippen LogP contribution in [-0.4, -0.2) is 42.9 Å². The van der Waals surface area contributed by atoms with E-state index in [1.165, 1.54) is 6.07 Å². The molecule has 2 N–H and O–H groups in total. The maximum Gasteiger partial charge on any atom is 0.222 e. The molecule has 0 unspecified atom stereocenters. The number of carbonyl (C=O) groups is 1. The minimum atomic E-state index is -0.280. The average Bonchev–Trinajstić information content (AvgIpc) is 2.83. The first-order valence-corrected chi connectivity index (χ1v) is 10.1. The summed E-state index contributed by atoms with van der Waals surface area (Å²) in [5, 5.41) is 6.48. The Morgan fingerprint density at radius 1 is 1.30 bits per heavy atom. The van der Waals surface area contributed by atoms with Crippen molar-refractivity contribution in [2.45, 2.75) is 45.6 Å². The lowest BCUT2D eigenvalue weighted by atomic mass is 10.2. The fraction of sp³-hybridized carbons (Fsp3) is 0.579. The zero-order chi connectivity index (χ0) is 18.8. The molecule has 8 heteroatoms. The highest BCUT2D eigenvalue weighted by molar-refractivity contribution is 14.0. The van der Waals surface area contributed by atoms with Crippen LogP contribution in [0, 0.1) is 5.82 Å². The van der Waals surface area contributed by atoms with Crippen LogP contribution in [0.25, 0.3) is 0 Å². The van der Waals surface area contributed by atoms with Crippen molar-refractivity contribution >= 4 is 51.8 Å². The number of nitrogens with zero attached hydrogens (tertiary/aromatic N) is 2. The standard InChI is InChI=1S/C19H28BrFN4O.HI/c1-2-22-19(24-14-15-8-9-16(20)17(21)13-15)23-10-6-12-25-11-5-3-4-7-18(25)26;/h8-9,13H,2-7,10-12,14H2,1H3,(H2,22,23,24);1H. The van der Waals surface area contributed by atoms with Gasteiger partial charge in [0.1, 0.15) is 5.82 Å². The van der Waals surface area contributed by atoms with Crippen LogP contribution >= 0.6 is 39.9 Å². The molecular weight excluding hydrogens is 526 g/mol. The number of nitrogens with one attached hydrogen (secondary N) is 2. The molecule has 1 saturated heterocycles. The number of halogens is 3. The van der Waals surface area contributed by atoms with E-state index in [2.05, 4.69) is 31.6 Å². The molecule has 5 nitrogen and oxygen atoms in total. The van der Waals surface area contributed by atoms with Crippen molar-refractivity contribution in [3.05, 3.63) is 34.1 Å². The van der Waals surface area contributed by atoms with E-state index in [0.29, 0.717) is 23.4 Å². The summed E-state index contributed by atoms with van der Waals surface area (Å²) >= 11 is 3.15. The average molecular weight is 555 g/mol. The Labute approximate surface area is 186 Å². The van der Waals surface area contributed by atoms with Crippen LogP contribution in [0.3, 0.4) is 0 Å². The molecule has 1 amide bonds. The summed E-state index contributed by atoms with van der Waals surface area (Å²) in [6.07, 6.45) is 4.83. The van der Waals surface area contributed by atoms with E-state index in [0.717, 1.165) is 57.4 Å². The minimum Gasteiger partial charge on any atom is -0.357 e. The summed E-state index contributed by atoms with van der Waals surface area (Å²) < 4.78 is 14.0. The van der Waals surface area contributed by atoms with Gasteiger partial charge in [-0.25, -0.2) is 9.38 Å². The third-order valence-corrected chi connectivity index (χ3v) is 4.96. The zero-order valence-electron chi connectivity index (χ0n) is 15.8. The first kappa shape index (κ1) is 24.1. The number of hydrogen-bond acceptors (Lipinski definition) is 2. The highest BCUT2D eigenvalue weighted by Gasteiger charge is 2.15. The van der Waals surface area contributed by atoms with Gasteiger partial charge in [-0.05, 0) is 59.8 Å². The maximum absolute atomic E-state index is 13.6. The van der Waals surface area contributed by atoms with E-state index in [9.17, 15) is 9.18 Å². The Morgan fingerprint density at radius 2 is 2.11 bits per heavy atom. The van der Waals surface area contributed by atoms with E-state index in [1.807, 2.05) is 17.9 Å². The van der Waals surface area contributed by atoms with Gasteiger partial charge in [0.25, 0.3) is 0 Å². The van der Waals surface area contributed by atoms with E-state index in [-0.39, 0.29) is 35.7 Å². The van der Waals surface area contributed by atoms with Crippen LogP contribution in [-0.2, 0) is 11.3 Å². The maximum atomic E-state index is 13.6. The molecule has 152 valence electrons. The van der Waals surface area contributed by atoms with Crippen molar-refractivity contribution in [1.82, 2.24) is 15.5 Å². The highest BCUT2D eigenvalue weighted by Crippen LogP contribution is 2.16. The third kappa shape index (κ3) is 8.76. The number of likely N-dealkylation sites (tertiary alicyclic amines) is 1. The molecule has 1 aromatic rings. The Kier molecular flexibility index (Phi) is 11.9. The first-order valence-electron chi connectivity index (χ1n) is 9.34. The van der Waals surface area contributed by atoms with Crippen molar-refractivity contribution < 1.29 is 9.18 Å². The zero-order valence-corrected chi connectivity index (χ0v) is 19.7. The minimum absolute atomic E-state index is 0. The third-order valence-electron chi connectivity index (χ3n) is 4.32. The van der Waals surface area contributed by atoms with E-state index in [1.54, 1.807) is 6.07 Å². The molecule has 0 bridgehead atoms. The molecule has 0 aliphatic carbocycles. The number of guanidine groups is 1. The summed E-state index contributed by atoms with van der Waals surface area (Å²) in [6, 6.07) is 5.03. The lowest BCUT2D eigenvalue weighted by Gasteiger charge is -2.20. The monoisotopic (exact) mass is 554 g/mol. The SMILES string of the molecule is CCNC(=NCc1ccc(Br)c(F)c1)NCCCN1CCCCCC1=O.I. The lowest BCUT2D eigenvalue weighted by Crippen LogP contribution is -2.39. The summed E-state index contributed by atoms with van der Waals surface area (Å²) in [4.78, 5) is 18.5. The summed E-state index contributed by atoms with van der Waals surface area (Å²) in [5.41, 5.74) is 0.818. The molecular formula is C19H29BrFIN4O. The van der Waals surface area contributed by atoms with Crippen molar-refractivity contribution in [1.29, 1.82) is 0 Å². The fourth-order valence-electron chi connectivity index (χ4n) is 2.90.